The van der Waals surface area contributed by atoms with Gasteiger partial charge in [-0.05, 0) is 23.8 Å². The van der Waals surface area contributed by atoms with Gasteiger partial charge in [-0.3, -0.25) is 4.99 Å². The number of hydrogen-bond donors (Lipinski definition) is 1. The molecule has 0 saturated carbocycles. The molecule has 0 saturated heterocycles. The van der Waals surface area contributed by atoms with Gasteiger partial charge in [0.2, 0.25) is 0 Å². The van der Waals surface area contributed by atoms with Gasteiger partial charge in [0.25, 0.3) is 0 Å². The van der Waals surface area contributed by atoms with Crippen LogP contribution in [0.4, 0.5) is 0 Å². The highest BCUT2D eigenvalue weighted by atomic mass is 16.5. The van der Waals surface area contributed by atoms with E-state index in [-0.39, 0.29) is 0 Å². The van der Waals surface area contributed by atoms with Crippen molar-refractivity contribution in [3.8, 4) is 11.4 Å². The van der Waals surface area contributed by atoms with E-state index in [1.54, 1.807) is 19.6 Å². The lowest BCUT2D eigenvalue weighted by Crippen LogP contribution is -2.40. The lowest BCUT2D eigenvalue weighted by atomic mass is 10.1. The number of nitrogens with one attached hydrogen (secondary N) is 1. The molecule has 3 aromatic rings. The highest BCUT2D eigenvalue weighted by molar-refractivity contribution is 5.79. The van der Waals surface area contributed by atoms with E-state index in [4.69, 9.17) is 4.74 Å². The molecule has 6 nitrogen and oxygen atoms in total. The van der Waals surface area contributed by atoms with Gasteiger partial charge in [0.15, 0.2) is 5.96 Å². The largest absolute Gasteiger partial charge is 0.492 e. The number of nitrogens with zero attached hydrogens (tertiary/aromatic N) is 4. The van der Waals surface area contributed by atoms with Crippen LogP contribution in [0.3, 0.4) is 0 Å². The van der Waals surface area contributed by atoms with Crippen LogP contribution in [0.25, 0.3) is 5.69 Å². The second-order valence-corrected chi connectivity index (χ2v) is 6.08. The number of rotatable bonds is 7. The standard InChI is InChI=1S/C21H25N5O/c1-22-21(25(2)14-15-27-19-9-4-3-5-10-19)24-16-18-8-6-7-11-20(18)26-13-12-23-17-26/h3-13,17H,14-16H2,1-2H3,(H,22,24). The maximum atomic E-state index is 5.77. The van der Waals surface area contributed by atoms with Crippen LogP contribution in [-0.4, -0.2) is 47.7 Å². The number of imidazole rings is 1. The highest BCUT2D eigenvalue weighted by Crippen LogP contribution is 2.14. The molecule has 6 heteroatoms. The predicted octanol–water partition coefficient (Wildman–Crippen LogP) is 2.96. The highest BCUT2D eigenvalue weighted by Gasteiger charge is 2.08. The number of para-hydroxylation sites is 2. The number of aliphatic imine (C=N–C) groups is 1. The molecule has 0 amide bonds. The molecule has 0 radical (unpaired) electrons. The summed E-state index contributed by atoms with van der Waals surface area (Å²) in [6.07, 6.45) is 5.53. The zero-order chi connectivity index (χ0) is 18.9. The van der Waals surface area contributed by atoms with Crippen LogP contribution in [-0.2, 0) is 6.54 Å². The normalized spacial score (nSPS) is 11.3. The number of benzene rings is 2. The van der Waals surface area contributed by atoms with Crippen LogP contribution < -0.4 is 10.1 Å². The molecular formula is C21H25N5O. The van der Waals surface area contributed by atoms with Gasteiger partial charge in [0, 0.05) is 33.0 Å². The Morgan fingerprint density at radius 2 is 1.93 bits per heavy atom. The van der Waals surface area contributed by atoms with E-state index < -0.39 is 0 Å². The van der Waals surface area contributed by atoms with E-state index in [1.807, 2.05) is 60.3 Å². The number of guanidine groups is 1. The first kappa shape index (κ1) is 18.5. The monoisotopic (exact) mass is 363 g/mol. The minimum Gasteiger partial charge on any atom is -0.492 e. The second kappa shape index (κ2) is 9.43. The molecule has 0 atom stereocenters. The summed E-state index contributed by atoms with van der Waals surface area (Å²) in [5.74, 6) is 1.70. The molecule has 140 valence electrons. The Labute approximate surface area is 160 Å². The van der Waals surface area contributed by atoms with Gasteiger partial charge in [0.05, 0.1) is 18.6 Å². The summed E-state index contributed by atoms with van der Waals surface area (Å²) in [7, 11) is 3.80. The summed E-state index contributed by atoms with van der Waals surface area (Å²) in [6, 6.07) is 18.1. The summed E-state index contributed by atoms with van der Waals surface area (Å²) in [5, 5.41) is 3.42. The van der Waals surface area contributed by atoms with E-state index in [0.29, 0.717) is 13.2 Å². The molecule has 27 heavy (non-hydrogen) atoms. The van der Waals surface area contributed by atoms with Crippen molar-refractivity contribution >= 4 is 5.96 Å². The van der Waals surface area contributed by atoms with Gasteiger partial charge < -0.3 is 19.5 Å². The number of aromatic nitrogens is 2. The van der Waals surface area contributed by atoms with Crippen molar-refractivity contribution in [1.82, 2.24) is 19.8 Å². The molecule has 0 aliphatic rings. The Morgan fingerprint density at radius 1 is 1.15 bits per heavy atom. The quantitative estimate of drug-likeness (QED) is 0.518. The number of hydrogen-bond acceptors (Lipinski definition) is 3. The van der Waals surface area contributed by atoms with E-state index >= 15 is 0 Å². The van der Waals surface area contributed by atoms with Gasteiger partial charge in [-0.1, -0.05) is 36.4 Å². The fraction of sp³-hybridized carbons (Fsp3) is 0.238. The molecule has 0 unspecified atom stereocenters. The summed E-state index contributed by atoms with van der Waals surface area (Å²) in [5.41, 5.74) is 2.28. The molecule has 2 aromatic carbocycles. The van der Waals surface area contributed by atoms with Crippen LogP contribution >= 0.6 is 0 Å². The van der Waals surface area contributed by atoms with Gasteiger partial charge in [-0.15, -0.1) is 0 Å². The van der Waals surface area contributed by atoms with Crippen molar-refractivity contribution in [2.75, 3.05) is 27.2 Å². The third kappa shape index (κ3) is 5.10. The summed E-state index contributed by atoms with van der Waals surface area (Å²) < 4.78 is 7.78. The van der Waals surface area contributed by atoms with Crippen molar-refractivity contribution in [2.45, 2.75) is 6.54 Å². The Bertz CT molecular complexity index is 846. The summed E-state index contributed by atoms with van der Waals surface area (Å²) in [4.78, 5) is 10.6. The number of likely N-dealkylation sites (N-methyl/N-ethyl adjacent to an activating group) is 1. The molecule has 1 heterocycles. The summed E-state index contributed by atoms with van der Waals surface area (Å²) in [6.45, 7) is 2.00. The van der Waals surface area contributed by atoms with Gasteiger partial charge in [0.1, 0.15) is 12.4 Å². The Balaban J connectivity index is 1.55. The minimum absolute atomic E-state index is 0.590. The Morgan fingerprint density at radius 3 is 2.67 bits per heavy atom. The average molecular weight is 363 g/mol. The molecule has 1 N–H and O–H groups in total. The Hall–Kier alpha value is -3.28. The van der Waals surface area contributed by atoms with E-state index in [1.165, 1.54) is 5.56 Å². The maximum absolute atomic E-state index is 5.77. The molecule has 0 bridgehead atoms. The van der Waals surface area contributed by atoms with Crippen LogP contribution in [0.5, 0.6) is 5.75 Å². The van der Waals surface area contributed by atoms with Gasteiger partial charge in [-0.25, -0.2) is 4.98 Å². The first-order valence-electron chi connectivity index (χ1n) is 8.94. The van der Waals surface area contributed by atoms with Crippen LogP contribution in [0.1, 0.15) is 5.56 Å². The molecule has 0 spiro atoms. The van der Waals surface area contributed by atoms with E-state index in [2.05, 4.69) is 32.3 Å². The Kier molecular flexibility index (Phi) is 6.46. The second-order valence-electron chi connectivity index (χ2n) is 6.08. The smallest absolute Gasteiger partial charge is 0.193 e. The predicted molar refractivity (Wildman–Crippen MR) is 108 cm³/mol. The molecule has 0 fully saturated rings. The topological polar surface area (TPSA) is 54.7 Å². The zero-order valence-electron chi connectivity index (χ0n) is 15.7. The fourth-order valence-electron chi connectivity index (χ4n) is 2.80. The van der Waals surface area contributed by atoms with Crippen molar-refractivity contribution in [1.29, 1.82) is 0 Å². The van der Waals surface area contributed by atoms with Crippen molar-refractivity contribution < 1.29 is 4.74 Å². The third-order valence-corrected chi connectivity index (χ3v) is 4.22. The lowest BCUT2D eigenvalue weighted by molar-refractivity contribution is 0.281. The maximum Gasteiger partial charge on any atom is 0.193 e. The molecule has 0 aliphatic heterocycles. The number of ether oxygens (including phenoxy) is 1. The average Bonchev–Trinajstić information content (AvgIpc) is 3.24. The first-order valence-corrected chi connectivity index (χ1v) is 8.94. The van der Waals surface area contributed by atoms with E-state index in [9.17, 15) is 0 Å². The van der Waals surface area contributed by atoms with Gasteiger partial charge in [-0.2, -0.15) is 0 Å². The molecule has 0 aliphatic carbocycles. The first-order chi connectivity index (χ1) is 13.3. The van der Waals surface area contributed by atoms with Crippen molar-refractivity contribution in [3.63, 3.8) is 0 Å². The van der Waals surface area contributed by atoms with Gasteiger partial charge >= 0.3 is 0 Å². The molecule has 3 rings (SSSR count). The minimum atomic E-state index is 0.590. The molecule has 1 aromatic heterocycles. The summed E-state index contributed by atoms with van der Waals surface area (Å²) >= 11 is 0. The van der Waals surface area contributed by atoms with Crippen molar-refractivity contribution in [2.24, 2.45) is 4.99 Å². The van der Waals surface area contributed by atoms with Crippen LogP contribution in [0.15, 0.2) is 78.3 Å². The fourth-order valence-corrected chi connectivity index (χ4v) is 2.80. The van der Waals surface area contributed by atoms with Crippen molar-refractivity contribution in [3.05, 3.63) is 78.9 Å². The van der Waals surface area contributed by atoms with Crippen LogP contribution in [0, 0.1) is 0 Å². The SMILES string of the molecule is CN=C(NCc1ccccc1-n1ccnc1)N(C)CCOc1ccccc1. The van der Waals surface area contributed by atoms with E-state index in [0.717, 1.165) is 23.9 Å². The molecular weight excluding hydrogens is 338 g/mol. The third-order valence-electron chi connectivity index (χ3n) is 4.22. The zero-order valence-corrected chi connectivity index (χ0v) is 15.7. The lowest BCUT2D eigenvalue weighted by Gasteiger charge is -2.22. The van der Waals surface area contributed by atoms with Crippen LogP contribution in [0.2, 0.25) is 0 Å².